The minimum absolute atomic E-state index is 0.0344. The molecule has 3 aromatic rings. The summed E-state index contributed by atoms with van der Waals surface area (Å²) in [5.41, 5.74) is 2.04. The third-order valence-electron chi connectivity index (χ3n) is 6.15. The van der Waals surface area contributed by atoms with Crippen LogP contribution in [0.4, 0.5) is 5.69 Å². The molecule has 38 heavy (non-hydrogen) atoms. The van der Waals surface area contributed by atoms with Crippen molar-refractivity contribution in [3.8, 4) is 23.0 Å². The van der Waals surface area contributed by atoms with Crippen molar-refractivity contribution in [1.29, 1.82) is 0 Å². The van der Waals surface area contributed by atoms with Crippen LogP contribution in [0.3, 0.4) is 0 Å². The molecule has 3 aromatic carbocycles. The molecule has 0 aliphatic carbocycles. The van der Waals surface area contributed by atoms with Gasteiger partial charge in [-0.15, -0.1) is 0 Å². The summed E-state index contributed by atoms with van der Waals surface area (Å²) in [4.78, 5) is 13.0. The van der Waals surface area contributed by atoms with Gasteiger partial charge in [0.05, 0.1) is 40.1 Å². The van der Waals surface area contributed by atoms with Crippen LogP contribution in [-0.4, -0.2) is 48.8 Å². The quantitative estimate of drug-likeness (QED) is 0.390. The Morgan fingerprint density at radius 3 is 2.11 bits per heavy atom. The van der Waals surface area contributed by atoms with Gasteiger partial charge in [-0.25, -0.2) is 8.42 Å². The lowest BCUT2D eigenvalue weighted by Crippen LogP contribution is -2.41. The molecular formula is C28H30N2O7S. The Morgan fingerprint density at radius 1 is 0.842 bits per heavy atom. The summed E-state index contributed by atoms with van der Waals surface area (Å²) in [6.45, 7) is 1.85. The highest BCUT2D eigenvalue weighted by molar-refractivity contribution is 7.97. The number of amides is 1. The number of nitrogens with zero attached hydrogens (tertiary/aromatic N) is 1. The molecule has 1 aliphatic rings. The number of rotatable bonds is 10. The van der Waals surface area contributed by atoms with Crippen LogP contribution in [-0.2, 0) is 21.4 Å². The lowest BCUT2D eigenvalue weighted by molar-refractivity contribution is -0.116. The van der Waals surface area contributed by atoms with Crippen molar-refractivity contribution in [2.24, 2.45) is 0 Å². The van der Waals surface area contributed by atoms with Crippen molar-refractivity contribution in [2.75, 3.05) is 38.8 Å². The van der Waals surface area contributed by atoms with Gasteiger partial charge in [-0.2, -0.15) is 0 Å². The second-order valence-corrected chi connectivity index (χ2v) is 10.2. The Labute approximate surface area is 222 Å². The predicted octanol–water partition coefficient (Wildman–Crippen LogP) is 3.99. The topological polar surface area (TPSA) is 103 Å². The number of para-hydroxylation sites is 2. The summed E-state index contributed by atoms with van der Waals surface area (Å²) in [7, 11) is 0.297. The molecule has 0 radical (unpaired) electrons. The minimum atomic E-state index is -4.23. The third-order valence-corrected chi connectivity index (χ3v) is 8.07. The molecule has 10 heteroatoms. The number of carbonyl (C=O) groups excluding carboxylic acids is 1. The van der Waals surface area contributed by atoms with E-state index < -0.39 is 15.9 Å². The molecule has 1 heterocycles. The van der Waals surface area contributed by atoms with Gasteiger partial charge in [0.1, 0.15) is 6.61 Å². The Kier molecular flexibility index (Phi) is 8.11. The number of sulfonamides is 1. The van der Waals surface area contributed by atoms with Gasteiger partial charge >= 0.3 is 0 Å². The molecule has 1 N–H and O–H groups in total. The van der Waals surface area contributed by atoms with Crippen LogP contribution in [0.2, 0.25) is 0 Å². The van der Waals surface area contributed by atoms with E-state index in [1.807, 2.05) is 36.4 Å². The van der Waals surface area contributed by atoms with Gasteiger partial charge < -0.3 is 24.3 Å². The van der Waals surface area contributed by atoms with E-state index in [0.29, 0.717) is 39.8 Å². The molecule has 0 aromatic heterocycles. The molecule has 0 unspecified atom stereocenters. The monoisotopic (exact) mass is 538 g/mol. The first-order chi connectivity index (χ1) is 18.3. The molecule has 200 valence electrons. The molecule has 0 saturated heterocycles. The zero-order valence-corrected chi connectivity index (χ0v) is 22.5. The van der Waals surface area contributed by atoms with Crippen LogP contribution in [0.5, 0.6) is 23.0 Å². The van der Waals surface area contributed by atoms with E-state index in [1.54, 1.807) is 37.3 Å². The number of hydrogen-bond acceptors (Lipinski definition) is 7. The van der Waals surface area contributed by atoms with Crippen LogP contribution in [0.1, 0.15) is 18.1 Å². The molecule has 0 bridgehead atoms. The van der Waals surface area contributed by atoms with Gasteiger partial charge in [-0.3, -0.25) is 9.10 Å². The van der Waals surface area contributed by atoms with Crippen LogP contribution in [0.15, 0.2) is 71.6 Å². The lowest BCUT2D eigenvalue weighted by Gasteiger charge is -2.33. The molecule has 1 amide bonds. The molecule has 0 fully saturated rings. The van der Waals surface area contributed by atoms with E-state index >= 15 is 0 Å². The molecule has 9 nitrogen and oxygen atoms in total. The fraction of sp³-hybridized carbons (Fsp3) is 0.250. The second-order valence-electron chi connectivity index (χ2n) is 8.43. The normalized spacial score (nSPS) is 13.9. The number of anilines is 1. The molecule has 4 rings (SSSR count). The van der Waals surface area contributed by atoms with Crippen molar-refractivity contribution < 1.29 is 32.2 Å². The fourth-order valence-corrected chi connectivity index (χ4v) is 6.03. The zero-order chi connectivity index (χ0) is 27.3. The molecular weight excluding hydrogens is 508 g/mol. The molecule has 0 atom stereocenters. The first-order valence-corrected chi connectivity index (χ1v) is 13.3. The highest BCUT2D eigenvalue weighted by Crippen LogP contribution is 2.45. The number of allylic oxidation sites excluding steroid dienone is 1. The lowest BCUT2D eigenvalue weighted by atomic mass is 10.0. The van der Waals surface area contributed by atoms with Gasteiger partial charge in [-0.05, 0) is 36.3 Å². The van der Waals surface area contributed by atoms with E-state index in [2.05, 4.69) is 5.32 Å². The zero-order valence-electron chi connectivity index (χ0n) is 21.7. The SMILES string of the molecule is COc1cc2c(cc1OC)N(Cc1ccccc1)S(=O)(=O)C(C(=O)NCCOc1ccccc1OC)=C2C. The van der Waals surface area contributed by atoms with Gasteiger partial charge in [0.15, 0.2) is 27.9 Å². The summed E-state index contributed by atoms with van der Waals surface area (Å²) >= 11 is 0. The Bertz CT molecular complexity index is 1450. The molecule has 0 saturated carbocycles. The maximum absolute atomic E-state index is 13.9. The van der Waals surface area contributed by atoms with Gasteiger partial charge in [0.2, 0.25) is 0 Å². The number of nitrogens with one attached hydrogen (secondary N) is 1. The van der Waals surface area contributed by atoms with Gasteiger partial charge in [0, 0.05) is 11.6 Å². The fourth-order valence-electron chi connectivity index (χ4n) is 4.28. The number of fused-ring (bicyclic) bond motifs is 1. The second kappa shape index (κ2) is 11.5. The van der Waals surface area contributed by atoms with Crippen LogP contribution in [0.25, 0.3) is 5.57 Å². The van der Waals surface area contributed by atoms with Crippen molar-refractivity contribution >= 4 is 27.2 Å². The summed E-state index contributed by atoms with van der Waals surface area (Å²) in [5.74, 6) is 1.17. The van der Waals surface area contributed by atoms with E-state index in [9.17, 15) is 13.2 Å². The minimum Gasteiger partial charge on any atom is -0.493 e. The molecule has 0 spiro atoms. The smallest absolute Gasteiger partial charge is 0.270 e. The first-order valence-electron chi connectivity index (χ1n) is 11.9. The van der Waals surface area contributed by atoms with Crippen molar-refractivity contribution in [3.05, 3.63) is 82.8 Å². The Morgan fingerprint density at radius 2 is 1.45 bits per heavy atom. The van der Waals surface area contributed by atoms with E-state index in [-0.39, 0.29) is 24.6 Å². The van der Waals surface area contributed by atoms with Crippen molar-refractivity contribution in [2.45, 2.75) is 13.5 Å². The number of benzene rings is 3. The summed E-state index contributed by atoms with van der Waals surface area (Å²) in [5, 5.41) is 2.69. The van der Waals surface area contributed by atoms with E-state index in [4.69, 9.17) is 18.9 Å². The maximum Gasteiger partial charge on any atom is 0.270 e. The summed E-state index contributed by atoms with van der Waals surface area (Å²) < 4.78 is 50.9. The summed E-state index contributed by atoms with van der Waals surface area (Å²) in [6, 6.07) is 19.6. The summed E-state index contributed by atoms with van der Waals surface area (Å²) in [6.07, 6.45) is 0. The van der Waals surface area contributed by atoms with Crippen molar-refractivity contribution in [1.82, 2.24) is 5.32 Å². The number of methoxy groups -OCH3 is 3. The van der Waals surface area contributed by atoms with E-state index in [1.165, 1.54) is 25.6 Å². The van der Waals surface area contributed by atoms with Gasteiger partial charge in [-0.1, -0.05) is 42.5 Å². The molecule has 1 aliphatic heterocycles. The first kappa shape index (κ1) is 26.9. The average Bonchev–Trinajstić information content (AvgIpc) is 2.93. The number of hydrogen-bond donors (Lipinski definition) is 1. The average molecular weight is 539 g/mol. The van der Waals surface area contributed by atoms with E-state index in [0.717, 1.165) is 5.56 Å². The van der Waals surface area contributed by atoms with Crippen LogP contribution in [0, 0.1) is 0 Å². The van der Waals surface area contributed by atoms with Crippen molar-refractivity contribution in [3.63, 3.8) is 0 Å². The Balaban J connectivity index is 1.66. The highest BCUT2D eigenvalue weighted by atomic mass is 32.2. The highest BCUT2D eigenvalue weighted by Gasteiger charge is 2.40. The van der Waals surface area contributed by atoms with Gasteiger partial charge in [0.25, 0.3) is 15.9 Å². The standard InChI is InChI=1S/C28H30N2O7S/c1-19-21-16-25(35-3)26(36-4)17-22(21)30(18-20-10-6-5-7-11-20)38(32,33)27(19)28(31)29-14-15-37-24-13-9-8-12-23(24)34-2/h5-13,16-17H,14-15,18H2,1-4H3,(H,29,31). The predicted molar refractivity (Wildman–Crippen MR) is 145 cm³/mol. The van der Waals surface area contributed by atoms with Crippen LogP contribution < -0.4 is 28.6 Å². The third kappa shape index (κ3) is 5.26. The Hall–Kier alpha value is -4.18. The maximum atomic E-state index is 13.9. The van der Waals surface area contributed by atoms with Crippen LogP contribution >= 0.6 is 0 Å². The number of carbonyl (C=O) groups is 1. The number of ether oxygens (including phenoxy) is 4. The largest absolute Gasteiger partial charge is 0.493 e.